The van der Waals surface area contributed by atoms with Crippen LogP contribution in [0.5, 0.6) is 0 Å². The Balaban J connectivity index is 2.14. The highest BCUT2D eigenvalue weighted by molar-refractivity contribution is 5.93. The lowest BCUT2D eigenvalue weighted by molar-refractivity contribution is 0.417. The molecular formula is C28H42N2. The summed E-state index contributed by atoms with van der Waals surface area (Å²) in [6.45, 7) is 20.7. The average molecular weight is 407 g/mol. The smallest absolute Gasteiger partial charge is 0.0655 e. The molecule has 30 heavy (non-hydrogen) atoms. The van der Waals surface area contributed by atoms with Gasteiger partial charge in [-0.3, -0.25) is 0 Å². The topological polar surface area (TPSA) is 6.48 Å². The number of fused-ring (bicyclic) bond motifs is 2. The second-order valence-corrected chi connectivity index (χ2v) is 11.5. The number of benzene rings is 2. The summed E-state index contributed by atoms with van der Waals surface area (Å²) in [5.74, 6) is 0.765. The van der Waals surface area contributed by atoms with Gasteiger partial charge in [-0.25, -0.2) is 0 Å². The fourth-order valence-electron chi connectivity index (χ4n) is 4.52. The first-order valence-electron chi connectivity index (χ1n) is 11.8. The minimum atomic E-state index is 0.210. The number of nitrogens with zero attached hydrogens (tertiary/aromatic N) is 2. The second-order valence-electron chi connectivity index (χ2n) is 11.5. The van der Waals surface area contributed by atoms with Crippen molar-refractivity contribution in [2.24, 2.45) is 16.7 Å². The van der Waals surface area contributed by atoms with Gasteiger partial charge in [-0.2, -0.15) is 0 Å². The normalized spacial score (nSPS) is 14.2. The molecule has 2 aromatic rings. The van der Waals surface area contributed by atoms with Gasteiger partial charge < -0.3 is 9.80 Å². The monoisotopic (exact) mass is 406 g/mol. The Morgan fingerprint density at radius 3 is 1.60 bits per heavy atom. The lowest BCUT2D eigenvalue weighted by atomic mass is 9.90. The zero-order valence-electron chi connectivity index (χ0n) is 20.5. The number of rotatable bonds is 6. The zero-order valence-corrected chi connectivity index (χ0v) is 20.5. The predicted molar refractivity (Wildman–Crippen MR) is 134 cm³/mol. The van der Waals surface area contributed by atoms with E-state index in [0.717, 1.165) is 19.0 Å². The first-order chi connectivity index (χ1) is 14.0. The maximum atomic E-state index is 2.57. The third-order valence-corrected chi connectivity index (χ3v) is 6.03. The molecule has 0 saturated carbocycles. The molecule has 0 amide bonds. The molecular weight excluding hydrogens is 364 g/mol. The highest BCUT2D eigenvalue weighted by Crippen LogP contribution is 2.50. The van der Waals surface area contributed by atoms with Crippen molar-refractivity contribution in [2.45, 2.75) is 74.7 Å². The first kappa shape index (κ1) is 22.7. The van der Waals surface area contributed by atoms with Crippen LogP contribution in [0.2, 0.25) is 0 Å². The van der Waals surface area contributed by atoms with E-state index in [9.17, 15) is 0 Å². The Hall–Kier alpha value is -1.96. The molecule has 0 fully saturated rings. The number of anilines is 4. The molecule has 1 heterocycles. The van der Waals surface area contributed by atoms with Gasteiger partial charge in [0, 0.05) is 13.1 Å². The van der Waals surface area contributed by atoms with Gasteiger partial charge in [0.05, 0.1) is 22.7 Å². The third kappa shape index (κ3) is 5.20. The SMILES string of the molecule is CCC(CC)Cc1ccc2c(c1)N(CC(C)(C)C)c1ccccc1N2CC(C)(C)C. The minimum absolute atomic E-state index is 0.210. The zero-order chi connectivity index (χ0) is 22.1. The molecule has 3 rings (SSSR count). The van der Waals surface area contributed by atoms with E-state index in [0.29, 0.717) is 0 Å². The summed E-state index contributed by atoms with van der Waals surface area (Å²) in [4.78, 5) is 5.12. The summed E-state index contributed by atoms with van der Waals surface area (Å²) in [7, 11) is 0. The van der Waals surface area contributed by atoms with Crippen LogP contribution in [0, 0.1) is 16.7 Å². The molecule has 2 heteroatoms. The summed E-state index contributed by atoms with van der Waals surface area (Å²) in [5.41, 5.74) is 7.28. The number of hydrogen-bond acceptors (Lipinski definition) is 2. The molecule has 0 bridgehead atoms. The van der Waals surface area contributed by atoms with Crippen molar-refractivity contribution in [3.8, 4) is 0 Å². The fraction of sp³-hybridized carbons (Fsp3) is 0.571. The van der Waals surface area contributed by atoms with Gasteiger partial charge in [0.1, 0.15) is 0 Å². The van der Waals surface area contributed by atoms with Crippen LogP contribution in [-0.2, 0) is 6.42 Å². The van der Waals surface area contributed by atoms with Crippen LogP contribution >= 0.6 is 0 Å². The van der Waals surface area contributed by atoms with Crippen molar-refractivity contribution in [2.75, 3.05) is 22.9 Å². The highest BCUT2D eigenvalue weighted by Gasteiger charge is 2.32. The van der Waals surface area contributed by atoms with Gasteiger partial charge in [0.25, 0.3) is 0 Å². The van der Waals surface area contributed by atoms with E-state index in [4.69, 9.17) is 0 Å². The van der Waals surface area contributed by atoms with Crippen LogP contribution in [0.3, 0.4) is 0 Å². The molecule has 0 radical (unpaired) electrons. The Morgan fingerprint density at radius 2 is 1.13 bits per heavy atom. The van der Waals surface area contributed by atoms with Crippen LogP contribution in [-0.4, -0.2) is 13.1 Å². The standard InChI is InChI=1S/C28H42N2/c1-9-21(10-2)17-22-15-16-25-26(18-22)30(20-28(6,7)8)24-14-12-11-13-23(24)29(25)19-27(3,4)5/h11-16,18,21H,9-10,17,19-20H2,1-8H3. The molecule has 0 aliphatic carbocycles. The van der Waals surface area contributed by atoms with E-state index in [1.54, 1.807) is 0 Å². The third-order valence-electron chi connectivity index (χ3n) is 6.03. The van der Waals surface area contributed by atoms with Crippen LogP contribution in [0.25, 0.3) is 0 Å². The van der Waals surface area contributed by atoms with Gasteiger partial charge in [-0.1, -0.05) is 86.4 Å². The number of para-hydroxylation sites is 2. The Labute approximate surface area is 185 Å². The Bertz CT molecular complexity index is 850. The van der Waals surface area contributed by atoms with Crippen molar-refractivity contribution in [3.63, 3.8) is 0 Å². The first-order valence-corrected chi connectivity index (χ1v) is 11.8. The van der Waals surface area contributed by atoms with Crippen LogP contribution in [0.15, 0.2) is 42.5 Å². The van der Waals surface area contributed by atoms with Crippen molar-refractivity contribution >= 4 is 22.7 Å². The minimum Gasteiger partial charge on any atom is -0.338 e. The maximum absolute atomic E-state index is 2.57. The molecule has 1 aliphatic rings. The molecule has 0 atom stereocenters. The summed E-state index contributed by atoms with van der Waals surface area (Å²) >= 11 is 0. The molecule has 0 N–H and O–H groups in total. The lowest BCUT2D eigenvalue weighted by Crippen LogP contribution is -2.37. The van der Waals surface area contributed by atoms with E-state index < -0.39 is 0 Å². The fourth-order valence-corrected chi connectivity index (χ4v) is 4.52. The molecule has 1 aliphatic heterocycles. The predicted octanol–water partition coefficient (Wildman–Crippen LogP) is 8.35. The molecule has 0 spiro atoms. The second kappa shape index (κ2) is 8.65. The molecule has 0 saturated heterocycles. The summed E-state index contributed by atoms with van der Waals surface area (Å²) < 4.78 is 0. The van der Waals surface area contributed by atoms with Gasteiger partial charge in [0.2, 0.25) is 0 Å². The highest BCUT2D eigenvalue weighted by atomic mass is 15.3. The average Bonchev–Trinajstić information content (AvgIpc) is 2.66. The Kier molecular flexibility index (Phi) is 6.55. The maximum Gasteiger partial charge on any atom is 0.0655 e. The van der Waals surface area contributed by atoms with E-state index in [-0.39, 0.29) is 10.8 Å². The largest absolute Gasteiger partial charge is 0.338 e. The van der Waals surface area contributed by atoms with Gasteiger partial charge in [-0.05, 0) is 53.0 Å². The number of hydrogen-bond donors (Lipinski definition) is 0. The van der Waals surface area contributed by atoms with E-state index in [1.807, 2.05) is 0 Å². The molecule has 164 valence electrons. The van der Waals surface area contributed by atoms with Crippen LogP contribution in [0.1, 0.15) is 73.8 Å². The van der Waals surface area contributed by atoms with Crippen LogP contribution < -0.4 is 9.80 Å². The van der Waals surface area contributed by atoms with Gasteiger partial charge in [0.15, 0.2) is 0 Å². The summed E-state index contributed by atoms with van der Waals surface area (Å²) in [6, 6.07) is 16.2. The van der Waals surface area contributed by atoms with Crippen molar-refractivity contribution in [1.29, 1.82) is 0 Å². The van der Waals surface area contributed by atoms with E-state index in [1.165, 1.54) is 47.6 Å². The van der Waals surface area contributed by atoms with Crippen LogP contribution in [0.4, 0.5) is 22.7 Å². The van der Waals surface area contributed by atoms with Crippen molar-refractivity contribution < 1.29 is 0 Å². The van der Waals surface area contributed by atoms with E-state index in [2.05, 4.69) is 108 Å². The molecule has 0 unspecified atom stereocenters. The van der Waals surface area contributed by atoms with E-state index >= 15 is 0 Å². The van der Waals surface area contributed by atoms with Crippen molar-refractivity contribution in [3.05, 3.63) is 48.0 Å². The Morgan fingerprint density at radius 1 is 0.667 bits per heavy atom. The van der Waals surface area contributed by atoms with Crippen molar-refractivity contribution in [1.82, 2.24) is 0 Å². The lowest BCUT2D eigenvalue weighted by Gasteiger charge is -2.44. The van der Waals surface area contributed by atoms with Gasteiger partial charge >= 0.3 is 0 Å². The summed E-state index contributed by atoms with van der Waals surface area (Å²) in [5, 5.41) is 0. The summed E-state index contributed by atoms with van der Waals surface area (Å²) in [6.07, 6.45) is 3.67. The molecule has 2 aromatic carbocycles. The van der Waals surface area contributed by atoms with Gasteiger partial charge in [-0.15, -0.1) is 0 Å². The molecule has 0 aromatic heterocycles. The quantitative estimate of drug-likeness (QED) is 0.475. The molecule has 2 nitrogen and oxygen atoms in total.